The number of thioether (sulfide) groups is 1. The molecule has 0 aromatic heterocycles. The summed E-state index contributed by atoms with van der Waals surface area (Å²) in [7, 11) is 0. The van der Waals surface area contributed by atoms with Crippen LogP contribution in [0.4, 0.5) is 13.2 Å². The summed E-state index contributed by atoms with van der Waals surface area (Å²) in [6.07, 6.45) is -4.61. The summed E-state index contributed by atoms with van der Waals surface area (Å²) in [6.45, 7) is 1.35. The molecular formula is C13H9F3O3S. The van der Waals surface area contributed by atoms with Crippen molar-refractivity contribution in [3.8, 4) is 11.8 Å². The second-order valence-corrected chi connectivity index (χ2v) is 4.80. The van der Waals surface area contributed by atoms with Crippen molar-refractivity contribution in [2.24, 2.45) is 0 Å². The molecule has 1 aromatic rings. The minimum atomic E-state index is -4.61. The molecule has 0 heterocycles. The van der Waals surface area contributed by atoms with Gasteiger partial charge < -0.3 is 5.11 Å². The number of carboxylic acids is 1. The molecule has 1 N–H and O–H groups in total. The number of carbonyl (C=O) groups excluding carboxylic acids is 1. The predicted octanol–water partition coefficient (Wildman–Crippen LogP) is 3.03. The van der Waals surface area contributed by atoms with Crippen LogP contribution in [0.5, 0.6) is 0 Å². The topological polar surface area (TPSA) is 54.4 Å². The largest absolute Gasteiger partial charge is 0.478 e. The molecule has 0 aliphatic heterocycles. The summed E-state index contributed by atoms with van der Waals surface area (Å²) >= 11 is 0.932. The van der Waals surface area contributed by atoms with Gasteiger partial charge in [0, 0.05) is 12.5 Å². The highest BCUT2D eigenvalue weighted by atomic mass is 32.2. The Morgan fingerprint density at radius 2 is 2.00 bits per heavy atom. The van der Waals surface area contributed by atoms with Crippen molar-refractivity contribution in [2.75, 3.05) is 5.75 Å². The van der Waals surface area contributed by atoms with E-state index in [-0.39, 0.29) is 16.4 Å². The first kappa shape index (κ1) is 16.1. The maximum atomic E-state index is 12.5. The van der Waals surface area contributed by atoms with Gasteiger partial charge in [0.05, 0.1) is 16.9 Å². The Bertz CT molecular complexity index is 597. The van der Waals surface area contributed by atoms with Crippen molar-refractivity contribution in [1.82, 2.24) is 0 Å². The van der Waals surface area contributed by atoms with Crippen molar-refractivity contribution in [3.63, 3.8) is 0 Å². The van der Waals surface area contributed by atoms with Gasteiger partial charge in [-0.15, -0.1) is 0 Å². The second-order valence-electron chi connectivity index (χ2n) is 3.65. The van der Waals surface area contributed by atoms with Crippen LogP contribution in [-0.4, -0.2) is 21.9 Å². The minimum absolute atomic E-state index is 0.0188. The maximum Gasteiger partial charge on any atom is 0.416 e. The summed E-state index contributed by atoms with van der Waals surface area (Å²) in [5.74, 6) is 3.65. The third-order valence-electron chi connectivity index (χ3n) is 2.15. The lowest BCUT2D eigenvalue weighted by Crippen LogP contribution is -2.08. The van der Waals surface area contributed by atoms with E-state index >= 15 is 0 Å². The summed E-state index contributed by atoms with van der Waals surface area (Å²) in [6, 6.07) is 2.33. The standard InChI is InChI=1S/C13H9F3O3S/c1-8(17)20-6-2-3-9-4-5-10(13(14,15)16)7-11(9)12(18)19/h4-5,7H,6H2,1H3,(H,18,19). The molecule has 7 heteroatoms. The third-order valence-corrected chi connectivity index (χ3v) is 2.84. The molecule has 1 aromatic carbocycles. The Morgan fingerprint density at radius 3 is 2.50 bits per heavy atom. The fourth-order valence-corrected chi connectivity index (χ4v) is 1.62. The molecule has 0 unspecified atom stereocenters. The van der Waals surface area contributed by atoms with Crippen LogP contribution in [0.25, 0.3) is 0 Å². The van der Waals surface area contributed by atoms with Crippen LogP contribution in [0, 0.1) is 11.8 Å². The molecule has 0 saturated carbocycles. The number of carboxylic acid groups (broad SMARTS) is 1. The lowest BCUT2D eigenvalue weighted by Gasteiger charge is -2.08. The van der Waals surface area contributed by atoms with Crippen molar-refractivity contribution in [3.05, 3.63) is 34.9 Å². The highest BCUT2D eigenvalue weighted by Crippen LogP contribution is 2.30. The Labute approximate surface area is 117 Å². The van der Waals surface area contributed by atoms with Gasteiger partial charge in [0.1, 0.15) is 0 Å². The first-order chi connectivity index (χ1) is 9.21. The number of rotatable bonds is 2. The third kappa shape index (κ3) is 4.63. The van der Waals surface area contributed by atoms with E-state index in [9.17, 15) is 22.8 Å². The summed E-state index contributed by atoms with van der Waals surface area (Å²) in [5.41, 5.74) is -1.58. The van der Waals surface area contributed by atoms with Crippen LogP contribution in [0.3, 0.4) is 0 Å². The van der Waals surface area contributed by atoms with E-state index in [1.807, 2.05) is 0 Å². The zero-order chi connectivity index (χ0) is 15.3. The minimum Gasteiger partial charge on any atom is -0.478 e. The molecular weight excluding hydrogens is 293 g/mol. The number of carbonyl (C=O) groups is 2. The normalized spacial score (nSPS) is 10.6. The molecule has 20 heavy (non-hydrogen) atoms. The van der Waals surface area contributed by atoms with Crippen LogP contribution in [0.2, 0.25) is 0 Å². The first-order valence-corrected chi connectivity index (χ1v) is 6.27. The number of hydrogen-bond donors (Lipinski definition) is 1. The average molecular weight is 302 g/mol. The van der Waals surface area contributed by atoms with Crippen molar-refractivity contribution < 1.29 is 27.9 Å². The number of halogens is 3. The van der Waals surface area contributed by atoms with Crippen LogP contribution < -0.4 is 0 Å². The molecule has 0 bridgehead atoms. The number of hydrogen-bond acceptors (Lipinski definition) is 3. The number of benzene rings is 1. The van der Waals surface area contributed by atoms with Gasteiger partial charge >= 0.3 is 12.1 Å². The zero-order valence-corrected chi connectivity index (χ0v) is 11.1. The average Bonchev–Trinajstić information content (AvgIpc) is 2.33. The van der Waals surface area contributed by atoms with Gasteiger partial charge in [0.2, 0.25) is 0 Å². The Balaban J connectivity index is 3.08. The number of aromatic carboxylic acids is 1. The molecule has 0 amide bonds. The molecule has 3 nitrogen and oxygen atoms in total. The molecule has 0 aliphatic rings. The quantitative estimate of drug-likeness (QED) is 0.853. The monoisotopic (exact) mass is 302 g/mol. The summed E-state index contributed by atoms with van der Waals surface area (Å²) in [5, 5.41) is 8.76. The van der Waals surface area contributed by atoms with Crippen molar-refractivity contribution in [2.45, 2.75) is 13.1 Å². The molecule has 0 atom stereocenters. The fourth-order valence-electron chi connectivity index (χ4n) is 1.28. The molecule has 0 radical (unpaired) electrons. The van der Waals surface area contributed by atoms with E-state index in [4.69, 9.17) is 5.11 Å². The summed E-state index contributed by atoms with van der Waals surface area (Å²) in [4.78, 5) is 21.6. The van der Waals surface area contributed by atoms with Gasteiger partial charge in [-0.1, -0.05) is 23.6 Å². The number of alkyl halides is 3. The van der Waals surface area contributed by atoms with E-state index < -0.39 is 23.3 Å². The molecule has 0 aliphatic carbocycles. The maximum absolute atomic E-state index is 12.5. The van der Waals surface area contributed by atoms with Crippen LogP contribution >= 0.6 is 11.8 Å². The Hall–Kier alpha value is -1.94. The highest BCUT2D eigenvalue weighted by molar-refractivity contribution is 8.13. The molecule has 0 saturated heterocycles. The first-order valence-electron chi connectivity index (χ1n) is 5.28. The SMILES string of the molecule is CC(=O)SCC#Cc1ccc(C(F)(F)F)cc1C(=O)O. The van der Waals surface area contributed by atoms with Crippen molar-refractivity contribution >= 4 is 22.8 Å². The van der Waals surface area contributed by atoms with Crippen LogP contribution in [-0.2, 0) is 11.0 Å². The van der Waals surface area contributed by atoms with Crippen molar-refractivity contribution in [1.29, 1.82) is 0 Å². The molecule has 106 valence electrons. The second kappa shape index (κ2) is 6.48. The Kier molecular flexibility index (Phi) is 5.22. The van der Waals surface area contributed by atoms with Gasteiger partial charge in [-0.3, -0.25) is 4.79 Å². The van der Waals surface area contributed by atoms with E-state index in [1.54, 1.807) is 0 Å². The van der Waals surface area contributed by atoms with Gasteiger partial charge in [-0.25, -0.2) is 4.79 Å². The highest BCUT2D eigenvalue weighted by Gasteiger charge is 2.31. The lowest BCUT2D eigenvalue weighted by atomic mass is 10.0. The van der Waals surface area contributed by atoms with Gasteiger partial charge in [0.15, 0.2) is 5.12 Å². The fraction of sp³-hybridized carbons (Fsp3) is 0.231. The smallest absolute Gasteiger partial charge is 0.416 e. The van der Waals surface area contributed by atoms with Gasteiger partial charge in [-0.2, -0.15) is 13.2 Å². The van der Waals surface area contributed by atoms with Gasteiger partial charge in [-0.05, 0) is 18.2 Å². The molecule has 0 fully saturated rings. The van der Waals surface area contributed by atoms with E-state index in [2.05, 4.69) is 11.8 Å². The molecule has 1 rings (SSSR count). The van der Waals surface area contributed by atoms with E-state index in [1.165, 1.54) is 6.92 Å². The Morgan fingerprint density at radius 1 is 1.35 bits per heavy atom. The van der Waals surface area contributed by atoms with Crippen LogP contribution in [0.1, 0.15) is 28.4 Å². The van der Waals surface area contributed by atoms with E-state index in [0.29, 0.717) is 6.07 Å². The lowest BCUT2D eigenvalue weighted by molar-refractivity contribution is -0.137. The molecule has 0 spiro atoms. The zero-order valence-electron chi connectivity index (χ0n) is 10.2. The van der Waals surface area contributed by atoms with E-state index in [0.717, 1.165) is 23.9 Å². The predicted molar refractivity (Wildman–Crippen MR) is 68.4 cm³/mol. The summed E-state index contributed by atoms with van der Waals surface area (Å²) < 4.78 is 37.5. The van der Waals surface area contributed by atoms with Gasteiger partial charge in [0.25, 0.3) is 0 Å². The van der Waals surface area contributed by atoms with Crippen LogP contribution in [0.15, 0.2) is 18.2 Å².